The van der Waals surface area contributed by atoms with Crippen molar-refractivity contribution in [3.05, 3.63) is 36.2 Å². The lowest BCUT2D eigenvalue weighted by molar-refractivity contribution is 0.0937. The molecule has 7 heteroatoms. The van der Waals surface area contributed by atoms with Crippen molar-refractivity contribution in [2.24, 2.45) is 0 Å². The van der Waals surface area contributed by atoms with Crippen LogP contribution >= 0.6 is 0 Å². The first kappa shape index (κ1) is 18.1. The van der Waals surface area contributed by atoms with E-state index in [2.05, 4.69) is 39.6 Å². The van der Waals surface area contributed by atoms with E-state index >= 15 is 0 Å². The van der Waals surface area contributed by atoms with Crippen molar-refractivity contribution < 1.29 is 4.79 Å². The molecule has 0 spiro atoms. The maximum absolute atomic E-state index is 12.6. The number of tetrazole rings is 1. The number of para-hydroxylation sites is 1. The number of carbonyl (C=O) groups excluding carboxylic acids is 1. The van der Waals surface area contributed by atoms with Gasteiger partial charge >= 0.3 is 0 Å². The zero-order chi connectivity index (χ0) is 17.4. The number of rotatable bonds is 9. The quantitative estimate of drug-likeness (QED) is 0.760. The van der Waals surface area contributed by atoms with Crippen LogP contribution in [0, 0.1) is 0 Å². The van der Waals surface area contributed by atoms with Crippen LogP contribution in [0.4, 0.5) is 0 Å². The van der Waals surface area contributed by atoms with Crippen LogP contribution in [-0.2, 0) is 0 Å². The van der Waals surface area contributed by atoms with Gasteiger partial charge in [0.25, 0.3) is 5.91 Å². The number of benzene rings is 1. The fourth-order valence-corrected chi connectivity index (χ4v) is 2.67. The smallest absolute Gasteiger partial charge is 0.253 e. The second-order valence-electron chi connectivity index (χ2n) is 5.82. The van der Waals surface area contributed by atoms with E-state index in [4.69, 9.17) is 0 Å². The standard InChI is InChI=1S/C17H26N6O/c1-4-22(5-2)12-8-9-14(3)19-17(24)15-10-6-7-11-16(15)23-13-18-20-21-23/h6-7,10-11,13-14H,4-5,8-9,12H2,1-3H3,(H,19,24). The third kappa shape index (κ3) is 4.86. The Kier molecular flexibility index (Phi) is 6.87. The Balaban J connectivity index is 1.93. The lowest BCUT2D eigenvalue weighted by Crippen LogP contribution is -2.34. The molecule has 0 aliphatic carbocycles. The molecule has 130 valence electrons. The number of hydrogen-bond acceptors (Lipinski definition) is 5. The van der Waals surface area contributed by atoms with Gasteiger partial charge in [-0.3, -0.25) is 4.79 Å². The van der Waals surface area contributed by atoms with Gasteiger partial charge < -0.3 is 10.2 Å². The highest BCUT2D eigenvalue weighted by molar-refractivity contribution is 5.97. The van der Waals surface area contributed by atoms with Crippen LogP contribution in [-0.4, -0.2) is 56.7 Å². The molecule has 2 aromatic rings. The summed E-state index contributed by atoms with van der Waals surface area (Å²) >= 11 is 0. The molecule has 1 unspecified atom stereocenters. The molecule has 1 atom stereocenters. The van der Waals surface area contributed by atoms with Gasteiger partial charge in [0, 0.05) is 6.04 Å². The number of hydrogen-bond donors (Lipinski definition) is 1. The van der Waals surface area contributed by atoms with Gasteiger partial charge in [-0.05, 0) is 62.0 Å². The summed E-state index contributed by atoms with van der Waals surface area (Å²) in [5.74, 6) is -0.101. The molecule has 0 saturated heterocycles. The molecule has 0 radical (unpaired) electrons. The van der Waals surface area contributed by atoms with Crippen molar-refractivity contribution in [3.8, 4) is 5.69 Å². The first-order valence-electron chi connectivity index (χ1n) is 8.51. The predicted molar refractivity (Wildman–Crippen MR) is 93.1 cm³/mol. The first-order chi connectivity index (χ1) is 11.7. The van der Waals surface area contributed by atoms with Crippen LogP contribution in [0.2, 0.25) is 0 Å². The van der Waals surface area contributed by atoms with Gasteiger partial charge in [-0.1, -0.05) is 26.0 Å². The van der Waals surface area contributed by atoms with E-state index in [0.717, 1.165) is 32.5 Å². The second kappa shape index (κ2) is 9.12. The molecule has 2 rings (SSSR count). The summed E-state index contributed by atoms with van der Waals surface area (Å²) in [6.07, 6.45) is 3.51. The van der Waals surface area contributed by atoms with Gasteiger partial charge in [0.1, 0.15) is 6.33 Å². The van der Waals surface area contributed by atoms with Crippen LogP contribution < -0.4 is 5.32 Å². The summed E-state index contributed by atoms with van der Waals surface area (Å²) in [5, 5.41) is 14.2. The summed E-state index contributed by atoms with van der Waals surface area (Å²) < 4.78 is 1.50. The predicted octanol–water partition coefficient (Wildman–Crippen LogP) is 1.90. The molecule has 0 aliphatic heterocycles. The molecule has 0 bridgehead atoms. The fraction of sp³-hybridized carbons (Fsp3) is 0.529. The van der Waals surface area contributed by atoms with Gasteiger partial charge in [-0.15, -0.1) is 5.10 Å². The normalized spacial score (nSPS) is 12.3. The minimum Gasteiger partial charge on any atom is -0.350 e. The van der Waals surface area contributed by atoms with Crippen LogP contribution in [0.1, 0.15) is 44.0 Å². The molecule has 1 aromatic heterocycles. The average Bonchev–Trinajstić information content (AvgIpc) is 3.13. The molecular weight excluding hydrogens is 304 g/mol. The highest BCUT2D eigenvalue weighted by atomic mass is 16.1. The average molecular weight is 330 g/mol. The maximum atomic E-state index is 12.6. The molecule has 0 saturated carbocycles. The van der Waals surface area contributed by atoms with E-state index in [0.29, 0.717) is 11.3 Å². The maximum Gasteiger partial charge on any atom is 0.253 e. The number of carbonyl (C=O) groups is 1. The Bertz CT molecular complexity index is 624. The summed E-state index contributed by atoms with van der Waals surface area (Å²) in [5.41, 5.74) is 1.25. The van der Waals surface area contributed by atoms with Gasteiger partial charge in [-0.2, -0.15) is 4.68 Å². The topological polar surface area (TPSA) is 75.9 Å². The van der Waals surface area contributed by atoms with Crippen molar-refractivity contribution >= 4 is 5.91 Å². The SMILES string of the molecule is CCN(CC)CCCC(C)NC(=O)c1ccccc1-n1cnnn1. The minimum atomic E-state index is -0.101. The molecule has 1 heterocycles. The monoisotopic (exact) mass is 330 g/mol. The molecule has 0 aliphatic rings. The summed E-state index contributed by atoms with van der Waals surface area (Å²) in [7, 11) is 0. The fourth-order valence-electron chi connectivity index (χ4n) is 2.67. The van der Waals surface area contributed by atoms with E-state index in [1.807, 2.05) is 25.1 Å². The number of amides is 1. The van der Waals surface area contributed by atoms with Gasteiger partial charge in [0.2, 0.25) is 0 Å². The van der Waals surface area contributed by atoms with Gasteiger partial charge in [-0.25, -0.2) is 0 Å². The lowest BCUT2D eigenvalue weighted by Gasteiger charge is -2.20. The van der Waals surface area contributed by atoms with E-state index in [9.17, 15) is 4.79 Å². The number of nitrogens with zero attached hydrogens (tertiary/aromatic N) is 5. The minimum absolute atomic E-state index is 0.101. The molecule has 7 nitrogen and oxygen atoms in total. The second-order valence-corrected chi connectivity index (χ2v) is 5.82. The van der Waals surface area contributed by atoms with E-state index in [-0.39, 0.29) is 11.9 Å². The lowest BCUT2D eigenvalue weighted by atomic mass is 10.1. The Labute approximate surface area is 143 Å². The molecule has 1 N–H and O–H groups in total. The molecule has 1 amide bonds. The van der Waals surface area contributed by atoms with Crippen LogP contribution in [0.5, 0.6) is 0 Å². The Morgan fingerprint density at radius 3 is 2.71 bits per heavy atom. The van der Waals surface area contributed by atoms with Crippen LogP contribution in [0.3, 0.4) is 0 Å². The summed E-state index contributed by atoms with van der Waals surface area (Å²) in [4.78, 5) is 15.0. The van der Waals surface area contributed by atoms with Crippen LogP contribution in [0.25, 0.3) is 5.69 Å². The van der Waals surface area contributed by atoms with Crippen molar-refractivity contribution in [2.75, 3.05) is 19.6 Å². The third-order valence-electron chi connectivity index (χ3n) is 4.13. The highest BCUT2D eigenvalue weighted by Gasteiger charge is 2.15. The zero-order valence-electron chi connectivity index (χ0n) is 14.6. The first-order valence-corrected chi connectivity index (χ1v) is 8.51. The van der Waals surface area contributed by atoms with E-state index in [1.165, 1.54) is 11.0 Å². The molecular formula is C17H26N6O. The summed E-state index contributed by atoms with van der Waals surface area (Å²) in [6, 6.07) is 7.44. The van der Waals surface area contributed by atoms with E-state index in [1.54, 1.807) is 6.07 Å². The molecule has 0 fully saturated rings. The van der Waals surface area contributed by atoms with Crippen molar-refractivity contribution in [1.29, 1.82) is 0 Å². The highest BCUT2D eigenvalue weighted by Crippen LogP contribution is 2.13. The molecule has 24 heavy (non-hydrogen) atoms. The number of nitrogens with one attached hydrogen (secondary N) is 1. The Morgan fingerprint density at radius 1 is 1.29 bits per heavy atom. The third-order valence-corrected chi connectivity index (χ3v) is 4.13. The Morgan fingerprint density at radius 2 is 2.04 bits per heavy atom. The van der Waals surface area contributed by atoms with Crippen LogP contribution in [0.15, 0.2) is 30.6 Å². The largest absolute Gasteiger partial charge is 0.350 e. The van der Waals surface area contributed by atoms with Gasteiger partial charge in [0.05, 0.1) is 11.3 Å². The summed E-state index contributed by atoms with van der Waals surface area (Å²) in [6.45, 7) is 9.58. The van der Waals surface area contributed by atoms with Crippen molar-refractivity contribution in [3.63, 3.8) is 0 Å². The van der Waals surface area contributed by atoms with Crippen molar-refractivity contribution in [2.45, 2.75) is 39.7 Å². The number of aromatic nitrogens is 4. The Hall–Kier alpha value is -2.28. The van der Waals surface area contributed by atoms with Gasteiger partial charge in [0.15, 0.2) is 0 Å². The van der Waals surface area contributed by atoms with E-state index < -0.39 is 0 Å². The zero-order valence-corrected chi connectivity index (χ0v) is 14.6. The molecule has 1 aromatic carbocycles. The van der Waals surface area contributed by atoms with Crippen molar-refractivity contribution in [1.82, 2.24) is 30.4 Å².